The van der Waals surface area contributed by atoms with Gasteiger partial charge in [-0.1, -0.05) is 0 Å². The second-order valence-corrected chi connectivity index (χ2v) is 4.12. The number of furan rings is 1. The lowest BCUT2D eigenvalue weighted by molar-refractivity contribution is 0.102. The molecule has 1 aromatic carbocycles. The first kappa shape index (κ1) is 14.7. The number of hydrogen-bond donors (Lipinski definition) is 0. The van der Waals surface area contributed by atoms with Crippen LogP contribution in [-0.2, 0) is 0 Å². The zero-order valence-electron chi connectivity index (χ0n) is 12.1. The van der Waals surface area contributed by atoms with E-state index in [9.17, 15) is 4.79 Å². The van der Waals surface area contributed by atoms with Crippen molar-refractivity contribution in [2.24, 2.45) is 0 Å². The molecule has 21 heavy (non-hydrogen) atoms. The summed E-state index contributed by atoms with van der Waals surface area (Å²) in [4.78, 5) is 11.9. The Bertz CT molecular complexity index is 616. The number of allylic oxidation sites excluding steroid dienone is 1. The van der Waals surface area contributed by atoms with Gasteiger partial charge in [0.2, 0.25) is 5.78 Å². The fraction of sp³-hybridized carbons (Fsp3) is 0.188. The Kier molecular flexibility index (Phi) is 4.66. The van der Waals surface area contributed by atoms with Crippen LogP contribution in [0.4, 0.5) is 0 Å². The van der Waals surface area contributed by atoms with Crippen LogP contribution in [0.25, 0.3) is 6.08 Å². The van der Waals surface area contributed by atoms with Gasteiger partial charge in [-0.3, -0.25) is 4.79 Å². The van der Waals surface area contributed by atoms with E-state index in [1.165, 1.54) is 12.3 Å². The second-order valence-electron chi connectivity index (χ2n) is 4.12. The van der Waals surface area contributed by atoms with Crippen LogP contribution in [0.1, 0.15) is 16.1 Å². The van der Waals surface area contributed by atoms with Gasteiger partial charge in [-0.05, 0) is 24.3 Å². The van der Waals surface area contributed by atoms with Gasteiger partial charge in [-0.2, -0.15) is 0 Å². The predicted molar refractivity (Wildman–Crippen MR) is 78.2 cm³/mol. The monoisotopic (exact) mass is 288 g/mol. The Labute approximate surface area is 122 Å². The summed E-state index contributed by atoms with van der Waals surface area (Å²) in [7, 11) is 4.64. The number of methoxy groups -OCH3 is 3. The molecule has 0 unspecified atom stereocenters. The van der Waals surface area contributed by atoms with Gasteiger partial charge < -0.3 is 18.6 Å². The smallest absolute Gasteiger partial charge is 0.221 e. The predicted octanol–water partition coefficient (Wildman–Crippen LogP) is 3.20. The van der Waals surface area contributed by atoms with Crippen molar-refractivity contribution in [2.75, 3.05) is 21.3 Å². The van der Waals surface area contributed by atoms with Crippen LogP contribution < -0.4 is 14.2 Å². The number of ether oxygens (including phenoxy) is 3. The van der Waals surface area contributed by atoms with Crippen LogP contribution in [0, 0.1) is 0 Å². The summed E-state index contributed by atoms with van der Waals surface area (Å²) < 4.78 is 20.8. The number of ketones is 1. The highest BCUT2D eigenvalue weighted by Crippen LogP contribution is 2.35. The zero-order valence-corrected chi connectivity index (χ0v) is 12.1. The van der Waals surface area contributed by atoms with Crippen molar-refractivity contribution in [3.05, 3.63) is 47.9 Å². The molecule has 1 aromatic heterocycles. The number of carbonyl (C=O) groups excluding carboxylic acids is 1. The van der Waals surface area contributed by atoms with E-state index in [1.807, 2.05) is 0 Å². The highest BCUT2D eigenvalue weighted by molar-refractivity contribution is 6.05. The Balaban J connectivity index is 2.36. The van der Waals surface area contributed by atoms with Gasteiger partial charge in [-0.15, -0.1) is 0 Å². The SMILES string of the molecule is COc1cc(OC)c(/C=C/C(=O)c2ccco2)c(OC)c1. The maximum absolute atomic E-state index is 11.9. The summed E-state index contributed by atoms with van der Waals surface area (Å²) in [6.45, 7) is 0. The molecule has 5 nitrogen and oxygen atoms in total. The molecule has 0 spiro atoms. The van der Waals surface area contributed by atoms with Crippen LogP contribution in [-0.4, -0.2) is 27.1 Å². The average molecular weight is 288 g/mol. The molecule has 0 N–H and O–H groups in total. The van der Waals surface area contributed by atoms with Gasteiger partial charge in [0.05, 0.1) is 33.2 Å². The van der Waals surface area contributed by atoms with Gasteiger partial charge in [0.1, 0.15) is 17.2 Å². The fourth-order valence-corrected chi connectivity index (χ4v) is 1.86. The molecule has 0 atom stereocenters. The molecule has 0 aliphatic rings. The summed E-state index contributed by atoms with van der Waals surface area (Å²) in [5, 5.41) is 0. The largest absolute Gasteiger partial charge is 0.496 e. The minimum Gasteiger partial charge on any atom is -0.496 e. The van der Waals surface area contributed by atoms with E-state index >= 15 is 0 Å². The third-order valence-corrected chi connectivity index (χ3v) is 2.92. The van der Waals surface area contributed by atoms with Crippen LogP contribution >= 0.6 is 0 Å². The van der Waals surface area contributed by atoms with E-state index < -0.39 is 0 Å². The average Bonchev–Trinajstić information content (AvgIpc) is 3.06. The molecule has 0 radical (unpaired) electrons. The van der Waals surface area contributed by atoms with Gasteiger partial charge in [-0.25, -0.2) is 0 Å². The highest BCUT2D eigenvalue weighted by Gasteiger charge is 2.12. The molecular formula is C16H16O5. The molecule has 0 aliphatic carbocycles. The zero-order chi connectivity index (χ0) is 15.2. The van der Waals surface area contributed by atoms with E-state index in [-0.39, 0.29) is 11.5 Å². The van der Waals surface area contributed by atoms with Crippen molar-refractivity contribution in [2.45, 2.75) is 0 Å². The van der Waals surface area contributed by atoms with Crippen molar-refractivity contribution < 1.29 is 23.4 Å². The maximum Gasteiger partial charge on any atom is 0.221 e. The van der Waals surface area contributed by atoms with Crippen molar-refractivity contribution >= 4 is 11.9 Å². The molecule has 0 aliphatic heterocycles. The molecule has 0 amide bonds. The van der Waals surface area contributed by atoms with Crippen molar-refractivity contribution in [1.82, 2.24) is 0 Å². The molecular weight excluding hydrogens is 272 g/mol. The van der Waals surface area contributed by atoms with Crippen LogP contribution in [0.3, 0.4) is 0 Å². The number of hydrogen-bond acceptors (Lipinski definition) is 5. The lowest BCUT2D eigenvalue weighted by Crippen LogP contribution is -1.96. The molecule has 1 heterocycles. The lowest BCUT2D eigenvalue weighted by Gasteiger charge is -2.12. The van der Waals surface area contributed by atoms with Crippen molar-refractivity contribution in [3.8, 4) is 17.2 Å². The summed E-state index contributed by atoms with van der Waals surface area (Å²) in [6, 6.07) is 6.71. The summed E-state index contributed by atoms with van der Waals surface area (Å²) in [6.07, 6.45) is 4.49. The molecule has 0 fully saturated rings. The number of benzene rings is 1. The third-order valence-electron chi connectivity index (χ3n) is 2.92. The summed E-state index contributed by atoms with van der Waals surface area (Å²) >= 11 is 0. The lowest BCUT2D eigenvalue weighted by atomic mass is 10.1. The van der Waals surface area contributed by atoms with E-state index in [2.05, 4.69) is 0 Å². The first-order chi connectivity index (χ1) is 10.2. The van der Waals surface area contributed by atoms with E-state index in [1.54, 1.807) is 51.7 Å². The minimum atomic E-state index is -0.236. The van der Waals surface area contributed by atoms with E-state index in [4.69, 9.17) is 18.6 Å². The van der Waals surface area contributed by atoms with Gasteiger partial charge >= 0.3 is 0 Å². The van der Waals surface area contributed by atoms with E-state index in [0.29, 0.717) is 22.8 Å². The molecule has 0 bridgehead atoms. The standard InChI is InChI=1S/C16H16O5/c1-18-11-9-15(19-2)12(16(10-11)20-3)6-7-13(17)14-5-4-8-21-14/h4-10H,1-3H3/b7-6+. The highest BCUT2D eigenvalue weighted by atomic mass is 16.5. The Morgan fingerprint density at radius 1 is 1.10 bits per heavy atom. The first-order valence-corrected chi connectivity index (χ1v) is 6.25. The minimum absolute atomic E-state index is 0.236. The summed E-state index contributed by atoms with van der Waals surface area (Å²) in [5.41, 5.74) is 0.653. The number of rotatable bonds is 6. The van der Waals surface area contributed by atoms with Crippen molar-refractivity contribution in [1.29, 1.82) is 0 Å². The quantitative estimate of drug-likeness (QED) is 0.603. The Hall–Kier alpha value is -2.69. The van der Waals surface area contributed by atoms with Gasteiger partial charge in [0.15, 0.2) is 5.76 Å². The molecule has 0 saturated heterocycles. The fourth-order valence-electron chi connectivity index (χ4n) is 1.86. The Morgan fingerprint density at radius 2 is 1.76 bits per heavy atom. The van der Waals surface area contributed by atoms with Crippen LogP contribution in [0.2, 0.25) is 0 Å². The third kappa shape index (κ3) is 3.25. The summed E-state index contributed by atoms with van der Waals surface area (Å²) in [5.74, 6) is 1.75. The first-order valence-electron chi connectivity index (χ1n) is 6.25. The second kappa shape index (κ2) is 6.65. The van der Waals surface area contributed by atoms with Crippen LogP contribution in [0.5, 0.6) is 17.2 Å². The van der Waals surface area contributed by atoms with Crippen LogP contribution in [0.15, 0.2) is 41.0 Å². The molecule has 5 heteroatoms. The molecule has 0 saturated carbocycles. The Morgan fingerprint density at radius 3 is 2.24 bits per heavy atom. The van der Waals surface area contributed by atoms with Gasteiger partial charge in [0.25, 0.3) is 0 Å². The molecule has 2 rings (SSSR count). The maximum atomic E-state index is 11.9. The van der Waals surface area contributed by atoms with E-state index in [0.717, 1.165) is 0 Å². The normalized spacial score (nSPS) is 10.6. The number of carbonyl (C=O) groups is 1. The molecule has 2 aromatic rings. The topological polar surface area (TPSA) is 57.9 Å². The van der Waals surface area contributed by atoms with Gasteiger partial charge in [0, 0.05) is 12.1 Å². The molecule has 110 valence electrons. The van der Waals surface area contributed by atoms with Crippen molar-refractivity contribution in [3.63, 3.8) is 0 Å².